The first-order chi connectivity index (χ1) is 20.9. The van der Waals surface area contributed by atoms with E-state index < -0.39 is 0 Å². The Kier molecular flexibility index (Phi) is 8.89. The molecule has 7 heteroatoms. The molecular formula is C36H41ClN4O2. The fraction of sp³-hybridized carbons (Fsp3) is 0.361. The van der Waals surface area contributed by atoms with Crippen LogP contribution in [0.15, 0.2) is 79.5 Å². The highest BCUT2D eigenvalue weighted by Crippen LogP contribution is 2.33. The molecule has 0 radical (unpaired) electrons. The third-order valence-electron chi connectivity index (χ3n) is 9.03. The molecule has 3 aromatic carbocycles. The molecule has 0 saturated carbocycles. The van der Waals surface area contributed by atoms with Gasteiger partial charge in [-0.25, -0.2) is 0 Å². The molecule has 1 aromatic heterocycles. The van der Waals surface area contributed by atoms with E-state index >= 15 is 0 Å². The van der Waals surface area contributed by atoms with E-state index in [2.05, 4.69) is 51.4 Å². The Morgan fingerprint density at radius 3 is 2.53 bits per heavy atom. The predicted octanol–water partition coefficient (Wildman–Crippen LogP) is 6.79. The average molecular weight is 597 g/mol. The zero-order chi connectivity index (χ0) is 29.9. The molecule has 2 unspecified atom stereocenters. The lowest BCUT2D eigenvalue weighted by molar-refractivity contribution is 0.0733. The van der Waals surface area contributed by atoms with Crippen LogP contribution < -0.4 is 10.1 Å². The zero-order valence-corrected chi connectivity index (χ0v) is 25.9. The largest absolute Gasteiger partial charge is 0.495 e. The summed E-state index contributed by atoms with van der Waals surface area (Å²) >= 11 is 6.22. The fourth-order valence-electron chi connectivity index (χ4n) is 7.01. The number of benzene rings is 3. The number of amides is 1. The summed E-state index contributed by atoms with van der Waals surface area (Å²) in [7, 11) is 1.70. The smallest absolute Gasteiger partial charge is 0.253 e. The number of hydrogen-bond acceptors (Lipinski definition) is 4. The van der Waals surface area contributed by atoms with E-state index in [0.29, 0.717) is 24.2 Å². The summed E-state index contributed by atoms with van der Waals surface area (Å²) in [6.07, 6.45) is 5.51. The second-order valence-electron chi connectivity index (χ2n) is 12.0. The van der Waals surface area contributed by atoms with Crippen LogP contribution in [0.2, 0.25) is 5.02 Å². The minimum absolute atomic E-state index is 0.0629. The van der Waals surface area contributed by atoms with Gasteiger partial charge in [0.05, 0.1) is 18.2 Å². The van der Waals surface area contributed by atoms with E-state index in [9.17, 15) is 4.79 Å². The van der Waals surface area contributed by atoms with Crippen molar-refractivity contribution in [3.63, 3.8) is 0 Å². The van der Waals surface area contributed by atoms with Crippen molar-refractivity contribution >= 4 is 34.0 Å². The number of nitrogens with zero attached hydrogens (tertiary/aromatic N) is 3. The van der Waals surface area contributed by atoms with Crippen molar-refractivity contribution in [3.8, 4) is 5.75 Å². The summed E-state index contributed by atoms with van der Waals surface area (Å²) in [5.41, 5.74) is 6.21. The first-order valence-corrected chi connectivity index (χ1v) is 15.7. The Morgan fingerprint density at radius 1 is 1.02 bits per heavy atom. The third kappa shape index (κ3) is 6.52. The maximum atomic E-state index is 13.4. The molecule has 3 heterocycles. The Labute approximate surface area is 259 Å². The quantitative estimate of drug-likeness (QED) is 0.207. The molecule has 2 saturated heterocycles. The number of carbonyl (C=O) groups is 1. The highest BCUT2D eigenvalue weighted by Gasteiger charge is 2.39. The normalized spacial score (nSPS) is 18.7. The lowest BCUT2D eigenvalue weighted by Gasteiger charge is -2.41. The van der Waals surface area contributed by atoms with Crippen molar-refractivity contribution in [3.05, 3.63) is 107 Å². The molecule has 1 amide bonds. The number of halogens is 1. The summed E-state index contributed by atoms with van der Waals surface area (Å²) in [6, 6.07) is 23.4. The summed E-state index contributed by atoms with van der Waals surface area (Å²) in [6.45, 7) is 11.8. The second-order valence-corrected chi connectivity index (χ2v) is 12.5. The monoisotopic (exact) mass is 596 g/mol. The van der Waals surface area contributed by atoms with Crippen LogP contribution in [-0.2, 0) is 13.1 Å². The maximum Gasteiger partial charge on any atom is 0.253 e. The number of methoxy groups -OCH3 is 1. The van der Waals surface area contributed by atoms with E-state index in [4.69, 9.17) is 16.3 Å². The lowest BCUT2D eigenvalue weighted by Crippen LogP contribution is -2.54. The van der Waals surface area contributed by atoms with Crippen LogP contribution in [0, 0.1) is 6.92 Å². The van der Waals surface area contributed by atoms with Crippen molar-refractivity contribution in [1.82, 2.24) is 19.7 Å². The number of nitrogens with one attached hydrogen (secondary N) is 1. The molecule has 2 aliphatic rings. The maximum absolute atomic E-state index is 13.4. The van der Waals surface area contributed by atoms with E-state index in [1.54, 1.807) is 7.11 Å². The van der Waals surface area contributed by atoms with Gasteiger partial charge in [0.1, 0.15) is 5.75 Å². The molecule has 4 aromatic rings. The summed E-state index contributed by atoms with van der Waals surface area (Å²) in [4.78, 5) is 18.7. The SMILES string of the molecule is C=C(CN1CC2CCC(C1)N2CCCn1cc(C(=O)NCc2cccc(C)c2)c2cccc(OC)c21)c1cccc(Cl)c1. The van der Waals surface area contributed by atoms with Crippen LogP contribution in [0.3, 0.4) is 0 Å². The van der Waals surface area contributed by atoms with Gasteiger partial charge in [-0.15, -0.1) is 0 Å². The van der Waals surface area contributed by atoms with Crippen LogP contribution in [0.4, 0.5) is 0 Å². The Hall–Kier alpha value is -3.58. The Morgan fingerprint density at radius 2 is 1.79 bits per heavy atom. The molecule has 6 rings (SSSR count). The van der Waals surface area contributed by atoms with E-state index in [1.165, 1.54) is 18.4 Å². The van der Waals surface area contributed by atoms with Gasteiger partial charge in [0.25, 0.3) is 5.91 Å². The number of piperazine rings is 1. The van der Waals surface area contributed by atoms with Crippen molar-refractivity contribution in [2.24, 2.45) is 0 Å². The number of likely N-dealkylation sites (tertiary alicyclic amines) is 1. The van der Waals surface area contributed by atoms with E-state index in [-0.39, 0.29) is 5.91 Å². The molecule has 2 aliphatic heterocycles. The van der Waals surface area contributed by atoms with Gasteiger partial charge in [-0.05, 0) is 61.1 Å². The van der Waals surface area contributed by atoms with Gasteiger partial charge in [-0.1, -0.05) is 72.3 Å². The van der Waals surface area contributed by atoms with Crippen LogP contribution >= 0.6 is 11.6 Å². The molecule has 0 aliphatic carbocycles. The number of fused-ring (bicyclic) bond motifs is 3. The van der Waals surface area contributed by atoms with Crippen LogP contribution in [0.1, 0.15) is 46.3 Å². The number of carbonyl (C=O) groups excluding carboxylic acids is 1. The highest BCUT2D eigenvalue weighted by atomic mass is 35.5. The lowest BCUT2D eigenvalue weighted by atomic mass is 10.1. The van der Waals surface area contributed by atoms with E-state index in [0.717, 1.165) is 77.5 Å². The summed E-state index contributed by atoms with van der Waals surface area (Å²) < 4.78 is 7.95. The summed E-state index contributed by atoms with van der Waals surface area (Å²) in [5, 5.41) is 4.81. The van der Waals surface area contributed by atoms with Gasteiger partial charge in [0.2, 0.25) is 0 Å². The topological polar surface area (TPSA) is 49.7 Å². The van der Waals surface area contributed by atoms with Crippen LogP contribution in [0.25, 0.3) is 16.5 Å². The molecule has 2 atom stereocenters. The minimum atomic E-state index is -0.0629. The standard InChI is InChI=1S/C36H41ClN4O2/c1-25-8-4-9-27(18-25)20-38-36(42)33-24-40(35-32(33)12-6-13-34(35)43-3)16-7-17-41-30-14-15-31(41)23-39(22-30)21-26(2)28-10-5-11-29(37)19-28/h4-6,8-13,18-19,24,30-31H,2,7,14-17,20-23H2,1,3H3,(H,38,42). The fourth-order valence-corrected chi connectivity index (χ4v) is 7.20. The number of aryl methyl sites for hydroxylation is 2. The van der Waals surface area contributed by atoms with Gasteiger partial charge in [-0.2, -0.15) is 0 Å². The number of aromatic nitrogens is 1. The van der Waals surface area contributed by atoms with Crippen molar-refractivity contribution in [1.29, 1.82) is 0 Å². The molecule has 43 heavy (non-hydrogen) atoms. The zero-order valence-electron chi connectivity index (χ0n) is 25.2. The van der Waals surface area contributed by atoms with Crippen LogP contribution in [-0.4, -0.2) is 65.6 Å². The summed E-state index contributed by atoms with van der Waals surface area (Å²) in [5.74, 6) is 0.732. The van der Waals surface area contributed by atoms with Gasteiger partial charge in [0.15, 0.2) is 0 Å². The van der Waals surface area contributed by atoms with Gasteiger partial charge >= 0.3 is 0 Å². The minimum Gasteiger partial charge on any atom is -0.495 e. The predicted molar refractivity (Wildman–Crippen MR) is 176 cm³/mol. The van der Waals surface area contributed by atoms with Gasteiger partial charge in [-0.3, -0.25) is 14.6 Å². The molecule has 2 bridgehead atoms. The molecule has 2 fully saturated rings. The van der Waals surface area contributed by atoms with E-state index in [1.807, 2.05) is 54.7 Å². The number of hydrogen-bond donors (Lipinski definition) is 1. The van der Waals surface area contributed by atoms with Crippen molar-refractivity contribution < 1.29 is 9.53 Å². The molecule has 224 valence electrons. The Balaban J connectivity index is 1.09. The average Bonchev–Trinajstić information content (AvgIpc) is 3.49. The second kappa shape index (κ2) is 13.0. The van der Waals surface area contributed by atoms with Crippen molar-refractivity contribution in [2.75, 3.05) is 33.3 Å². The number of rotatable bonds is 11. The highest BCUT2D eigenvalue weighted by molar-refractivity contribution is 6.30. The van der Waals surface area contributed by atoms with Gasteiger partial charge in [0, 0.05) is 68.0 Å². The number of ether oxygens (including phenoxy) is 1. The first kappa shape index (κ1) is 29.5. The number of para-hydroxylation sites is 1. The van der Waals surface area contributed by atoms with Crippen molar-refractivity contribution in [2.45, 2.75) is 51.4 Å². The van der Waals surface area contributed by atoms with Gasteiger partial charge < -0.3 is 14.6 Å². The third-order valence-corrected chi connectivity index (χ3v) is 9.27. The first-order valence-electron chi connectivity index (χ1n) is 15.3. The molecule has 1 N–H and O–H groups in total. The molecular weight excluding hydrogens is 556 g/mol. The molecule has 0 spiro atoms. The molecule has 6 nitrogen and oxygen atoms in total. The Bertz CT molecular complexity index is 1610. The van der Waals surface area contributed by atoms with Crippen LogP contribution in [0.5, 0.6) is 5.75 Å².